The molecular weight excluding hydrogens is 693 g/mol. The molecule has 53 heavy (non-hydrogen) atoms. The molecule has 282 valence electrons. The van der Waals surface area contributed by atoms with Crippen molar-refractivity contribution in [3.63, 3.8) is 0 Å². The number of carbonyl (C=O) groups is 2. The second kappa shape index (κ2) is 19.1. The van der Waals surface area contributed by atoms with Gasteiger partial charge in [-0.2, -0.15) is 0 Å². The van der Waals surface area contributed by atoms with Crippen LogP contribution in [0.4, 0.5) is 10.1 Å². The van der Waals surface area contributed by atoms with E-state index in [2.05, 4.69) is 34.9 Å². The van der Waals surface area contributed by atoms with Crippen LogP contribution in [0.25, 0.3) is 0 Å². The summed E-state index contributed by atoms with van der Waals surface area (Å²) >= 11 is 6.59. The molecule has 5 rings (SSSR count). The molecule has 8 nitrogen and oxygen atoms in total. The molecule has 2 atom stereocenters. The van der Waals surface area contributed by atoms with Gasteiger partial charge in [0.15, 0.2) is 11.5 Å². The van der Waals surface area contributed by atoms with E-state index in [1.807, 2.05) is 51.1 Å². The summed E-state index contributed by atoms with van der Waals surface area (Å²) in [6.07, 6.45) is 1.83. The highest BCUT2D eigenvalue weighted by Crippen LogP contribution is 2.45. The van der Waals surface area contributed by atoms with Crippen molar-refractivity contribution in [3.8, 4) is 11.5 Å². The Labute approximate surface area is 318 Å². The molecule has 1 aliphatic heterocycles. The maximum Gasteiger partial charge on any atom is 0.256 e. The van der Waals surface area contributed by atoms with Crippen LogP contribution in [-0.2, 0) is 27.3 Å². The summed E-state index contributed by atoms with van der Waals surface area (Å²) in [5, 5.41) is 6.74. The third-order valence-electron chi connectivity index (χ3n) is 9.00. The molecule has 4 aromatic carbocycles. The molecule has 0 aromatic heterocycles. The smallest absolute Gasteiger partial charge is 0.256 e. The van der Waals surface area contributed by atoms with Gasteiger partial charge in [-0.25, -0.2) is 4.39 Å². The van der Waals surface area contributed by atoms with E-state index in [-0.39, 0.29) is 24.3 Å². The highest BCUT2D eigenvalue weighted by Gasteiger charge is 2.40. The van der Waals surface area contributed by atoms with Gasteiger partial charge in [0, 0.05) is 40.5 Å². The number of unbranched alkanes of at least 4 members (excludes halogenated alkanes) is 1. The largest absolute Gasteiger partial charge is 0.492 e. The summed E-state index contributed by atoms with van der Waals surface area (Å²) in [4.78, 5) is 29.4. The third kappa shape index (κ3) is 11.3. The zero-order chi connectivity index (χ0) is 37.8. The van der Waals surface area contributed by atoms with E-state index in [9.17, 15) is 14.0 Å². The Morgan fingerprint density at radius 1 is 0.925 bits per heavy atom. The predicted octanol–water partition coefficient (Wildman–Crippen LogP) is 8.44. The lowest BCUT2D eigenvalue weighted by atomic mass is 9.94. The van der Waals surface area contributed by atoms with Gasteiger partial charge in [0.1, 0.15) is 18.0 Å². The molecule has 2 amide bonds. The lowest BCUT2D eigenvalue weighted by molar-refractivity contribution is -0.138. The predicted molar refractivity (Wildman–Crippen MR) is 208 cm³/mol. The van der Waals surface area contributed by atoms with Gasteiger partial charge in [-0.1, -0.05) is 93.0 Å². The van der Waals surface area contributed by atoms with Gasteiger partial charge in [0.2, 0.25) is 5.91 Å². The molecule has 0 saturated carbocycles. The van der Waals surface area contributed by atoms with Crippen molar-refractivity contribution in [2.45, 2.75) is 71.6 Å². The van der Waals surface area contributed by atoms with E-state index < -0.39 is 23.9 Å². The van der Waals surface area contributed by atoms with Gasteiger partial charge < -0.3 is 29.7 Å². The van der Waals surface area contributed by atoms with Crippen LogP contribution in [-0.4, -0.2) is 51.3 Å². The summed E-state index contributed by atoms with van der Waals surface area (Å²) in [5.41, 5.74) is 3.36. The van der Waals surface area contributed by atoms with Crippen molar-refractivity contribution in [2.75, 3.05) is 38.3 Å². The topological polar surface area (TPSA) is 89.1 Å². The van der Waals surface area contributed by atoms with E-state index in [1.54, 1.807) is 42.3 Å². The molecule has 0 unspecified atom stereocenters. The molecule has 1 aliphatic rings. The monoisotopic (exact) mass is 743 g/mol. The molecular formula is C43H51ClFN3O5. The van der Waals surface area contributed by atoms with E-state index in [1.165, 1.54) is 11.6 Å². The van der Waals surface area contributed by atoms with Crippen molar-refractivity contribution in [3.05, 3.63) is 124 Å². The maximum absolute atomic E-state index is 14.3. The first-order valence-corrected chi connectivity index (χ1v) is 18.7. The Morgan fingerprint density at radius 3 is 2.43 bits per heavy atom. The van der Waals surface area contributed by atoms with Gasteiger partial charge >= 0.3 is 0 Å². The second-order valence-corrected chi connectivity index (χ2v) is 15.0. The fourth-order valence-corrected chi connectivity index (χ4v) is 6.64. The number of benzene rings is 4. The average Bonchev–Trinajstić information content (AvgIpc) is 3.23. The van der Waals surface area contributed by atoms with Gasteiger partial charge in [0.25, 0.3) is 5.91 Å². The molecule has 0 aliphatic carbocycles. The summed E-state index contributed by atoms with van der Waals surface area (Å²) in [7, 11) is 1.57. The van der Waals surface area contributed by atoms with Crippen molar-refractivity contribution >= 4 is 29.1 Å². The fourth-order valence-electron chi connectivity index (χ4n) is 6.46. The van der Waals surface area contributed by atoms with E-state index in [0.717, 1.165) is 38.8 Å². The number of rotatable bonds is 17. The molecule has 1 heterocycles. The minimum Gasteiger partial charge on any atom is -0.492 e. The van der Waals surface area contributed by atoms with E-state index in [0.29, 0.717) is 52.1 Å². The molecule has 10 heteroatoms. The first-order valence-electron chi connectivity index (χ1n) is 18.3. The molecule has 0 fully saturated rings. The van der Waals surface area contributed by atoms with Crippen molar-refractivity contribution in [2.24, 2.45) is 5.41 Å². The van der Waals surface area contributed by atoms with Crippen LogP contribution >= 0.6 is 11.6 Å². The fraction of sp³-hybridized carbons (Fsp3) is 0.395. The summed E-state index contributed by atoms with van der Waals surface area (Å²) in [6.45, 7) is 8.70. The molecule has 2 N–H and O–H groups in total. The van der Waals surface area contributed by atoms with Crippen LogP contribution in [0.5, 0.6) is 11.5 Å². The number of methoxy groups -OCH3 is 1. The van der Waals surface area contributed by atoms with E-state index in [4.69, 9.17) is 25.8 Å². The average molecular weight is 744 g/mol. The number of para-hydroxylation sites is 1. The van der Waals surface area contributed by atoms with Gasteiger partial charge in [-0.05, 0) is 80.1 Å². The minimum absolute atomic E-state index is 0.0195. The van der Waals surface area contributed by atoms with Crippen LogP contribution in [0.15, 0.2) is 91.0 Å². The maximum atomic E-state index is 14.3. The Hall–Kier alpha value is -4.44. The summed E-state index contributed by atoms with van der Waals surface area (Å²) < 4.78 is 33.2. The van der Waals surface area contributed by atoms with Crippen LogP contribution in [0.3, 0.4) is 0 Å². The van der Waals surface area contributed by atoms with E-state index >= 15 is 0 Å². The number of hydrogen-bond donors (Lipinski definition) is 2. The summed E-state index contributed by atoms with van der Waals surface area (Å²) in [6, 6.07) is 27.7. The van der Waals surface area contributed by atoms with Crippen LogP contribution in [0.1, 0.15) is 74.8 Å². The van der Waals surface area contributed by atoms with Gasteiger partial charge in [-0.15, -0.1) is 0 Å². The number of nitrogens with one attached hydrogen (secondary N) is 2. The number of nitrogens with zero attached hydrogens (tertiary/aromatic N) is 1. The van der Waals surface area contributed by atoms with Crippen molar-refractivity contribution in [1.82, 2.24) is 10.6 Å². The Bertz CT molecular complexity index is 1820. The van der Waals surface area contributed by atoms with Crippen LogP contribution < -0.4 is 25.0 Å². The number of halogens is 2. The first kappa shape index (κ1) is 39.8. The standard InChI is InChI=1S/C43H51ClFN3O5/c1-43(2,3)29-48-36-22-21-32(44)26-34(36)40(53-38(42(48)50)27-39(49)47-28-31-17-8-9-19-35(31)45)33-18-12-20-37(41(33)51-4)52-25-13-24-46-23-11-10-16-30-14-6-5-7-15-30/h5-9,12,14-15,17-22,26,38,40,46H,10-11,13,16,23-25,27-29H2,1-4H3,(H,47,49)/t38-,40-/m0/s1. The zero-order valence-corrected chi connectivity index (χ0v) is 31.9. The highest BCUT2D eigenvalue weighted by molar-refractivity contribution is 6.30. The van der Waals surface area contributed by atoms with Gasteiger partial charge in [-0.3, -0.25) is 9.59 Å². The number of amides is 2. The number of ether oxygens (including phenoxy) is 3. The number of aryl methyl sites for hydroxylation is 1. The van der Waals surface area contributed by atoms with Crippen LogP contribution in [0.2, 0.25) is 5.02 Å². The highest BCUT2D eigenvalue weighted by atomic mass is 35.5. The lowest BCUT2D eigenvalue weighted by Crippen LogP contribution is -2.45. The Kier molecular flexibility index (Phi) is 14.3. The molecule has 0 saturated heterocycles. The molecule has 0 spiro atoms. The number of carbonyl (C=O) groups excluding carboxylic acids is 2. The number of hydrogen-bond acceptors (Lipinski definition) is 6. The summed E-state index contributed by atoms with van der Waals surface area (Å²) in [5.74, 6) is -0.207. The SMILES string of the molecule is COc1c(OCCCNCCCCc2ccccc2)cccc1[C@@H]1O[C@@H](CC(=O)NCc2ccccc2F)C(=O)N(CC(C)(C)C)c2ccc(Cl)cc21. The van der Waals surface area contributed by atoms with Crippen molar-refractivity contribution < 1.29 is 28.2 Å². The quantitative estimate of drug-likeness (QED) is 0.106. The Morgan fingerprint density at radius 2 is 1.68 bits per heavy atom. The molecule has 0 radical (unpaired) electrons. The lowest BCUT2D eigenvalue weighted by Gasteiger charge is -2.31. The Balaban J connectivity index is 1.32. The number of fused-ring (bicyclic) bond motifs is 1. The second-order valence-electron chi connectivity index (χ2n) is 14.5. The third-order valence-corrected chi connectivity index (χ3v) is 9.24. The first-order chi connectivity index (χ1) is 25.5. The van der Waals surface area contributed by atoms with Crippen LogP contribution in [0, 0.1) is 11.2 Å². The molecule has 0 bridgehead atoms. The zero-order valence-electron chi connectivity index (χ0n) is 31.1. The van der Waals surface area contributed by atoms with Gasteiger partial charge in [0.05, 0.1) is 20.1 Å². The van der Waals surface area contributed by atoms with Crippen molar-refractivity contribution in [1.29, 1.82) is 0 Å². The number of anilines is 1. The molecule has 4 aromatic rings. The minimum atomic E-state index is -1.16. The normalized spacial score (nSPS) is 15.8.